The van der Waals surface area contributed by atoms with E-state index < -0.39 is 15.9 Å². The first-order valence-electron chi connectivity index (χ1n) is 12.0. The number of nitrogens with zero attached hydrogens (tertiary/aromatic N) is 3. The number of hydrogen-bond acceptors (Lipinski definition) is 4. The lowest BCUT2D eigenvalue weighted by Crippen LogP contribution is -2.38. The van der Waals surface area contributed by atoms with Gasteiger partial charge < -0.3 is 5.32 Å². The minimum atomic E-state index is -3.90. The lowest BCUT2D eigenvalue weighted by Gasteiger charge is -2.22. The second-order valence-electron chi connectivity index (χ2n) is 8.71. The van der Waals surface area contributed by atoms with Gasteiger partial charge in [0.1, 0.15) is 5.82 Å². The third-order valence-corrected chi connectivity index (χ3v) is 8.08. The van der Waals surface area contributed by atoms with Crippen LogP contribution in [0.4, 0.5) is 5.82 Å². The molecule has 1 N–H and O–H groups in total. The molecular formula is C28H29ClN4O3S. The molecule has 0 fully saturated rings. The Hall–Kier alpha value is -3.46. The monoisotopic (exact) mass is 536 g/mol. The zero-order valence-electron chi connectivity index (χ0n) is 21.0. The number of aromatic nitrogens is 2. The molecule has 0 spiro atoms. The van der Waals surface area contributed by atoms with Gasteiger partial charge in [-0.05, 0) is 61.7 Å². The summed E-state index contributed by atoms with van der Waals surface area (Å²) < 4.78 is 29.6. The standard InChI is InChI=1S/C28H29ClN4O3S/c1-4-18-32(37(35,36)24-16-14-23(29)15-17-24)19-26(34)30-28-27(22-11-6-5-7-12-22)21(3)31-33(28)25-13-9-8-10-20(25)2/h5-17H,4,18-19H2,1-3H3,(H,30,34). The Balaban J connectivity index is 1.72. The Kier molecular flexibility index (Phi) is 8.12. The van der Waals surface area contributed by atoms with Crippen LogP contribution in [0.2, 0.25) is 5.02 Å². The van der Waals surface area contributed by atoms with Crippen molar-refractivity contribution < 1.29 is 13.2 Å². The summed E-state index contributed by atoms with van der Waals surface area (Å²) in [5.41, 5.74) is 4.22. The normalized spacial score (nSPS) is 11.6. The number of anilines is 1. The van der Waals surface area contributed by atoms with Gasteiger partial charge in [0.15, 0.2) is 0 Å². The molecule has 9 heteroatoms. The molecule has 192 valence electrons. The molecule has 1 aromatic heterocycles. The van der Waals surface area contributed by atoms with Crippen molar-refractivity contribution in [3.8, 4) is 16.8 Å². The van der Waals surface area contributed by atoms with Gasteiger partial charge in [0.25, 0.3) is 0 Å². The molecule has 0 unspecified atom stereocenters. The second-order valence-corrected chi connectivity index (χ2v) is 11.1. The first-order chi connectivity index (χ1) is 17.7. The Morgan fingerprint density at radius 3 is 2.27 bits per heavy atom. The van der Waals surface area contributed by atoms with Gasteiger partial charge in [-0.25, -0.2) is 13.1 Å². The maximum absolute atomic E-state index is 13.4. The molecule has 0 aliphatic rings. The summed E-state index contributed by atoms with van der Waals surface area (Å²) in [6, 6.07) is 23.4. The Bertz CT molecular complexity index is 1500. The predicted octanol–water partition coefficient (Wildman–Crippen LogP) is 5.85. The Morgan fingerprint density at radius 1 is 0.973 bits per heavy atom. The van der Waals surface area contributed by atoms with Crippen molar-refractivity contribution >= 4 is 33.3 Å². The third kappa shape index (κ3) is 5.77. The van der Waals surface area contributed by atoms with E-state index in [1.165, 1.54) is 28.6 Å². The number of rotatable bonds is 9. The van der Waals surface area contributed by atoms with Crippen LogP contribution in [-0.2, 0) is 14.8 Å². The molecule has 37 heavy (non-hydrogen) atoms. The highest BCUT2D eigenvalue weighted by molar-refractivity contribution is 7.89. The van der Waals surface area contributed by atoms with Crippen LogP contribution in [0.15, 0.2) is 83.8 Å². The van der Waals surface area contributed by atoms with Gasteiger partial charge in [-0.15, -0.1) is 0 Å². The van der Waals surface area contributed by atoms with Gasteiger partial charge >= 0.3 is 0 Å². The fourth-order valence-electron chi connectivity index (χ4n) is 4.19. The summed E-state index contributed by atoms with van der Waals surface area (Å²) in [4.78, 5) is 13.5. The molecule has 0 aliphatic heterocycles. The molecule has 4 aromatic rings. The quantitative estimate of drug-likeness (QED) is 0.291. The van der Waals surface area contributed by atoms with E-state index in [2.05, 4.69) is 5.32 Å². The maximum atomic E-state index is 13.4. The topological polar surface area (TPSA) is 84.3 Å². The summed E-state index contributed by atoms with van der Waals surface area (Å²) in [7, 11) is -3.90. The molecule has 3 aromatic carbocycles. The summed E-state index contributed by atoms with van der Waals surface area (Å²) in [5.74, 6) is 0.0289. The van der Waals surface area contributed by atoms with Crippen molar-refractivity contribution in [2.24, 2.45) is 0 Å². The van der Waals surface area contributed by atoms with E-state index in [1.54, 1.807) is 4.68 Å². The van der Waals surface area contributed by atoms with Crippen molar-refractivity contribution in [3.63, 3.8) is 0 Å². The van der Waals surface area contributed by atoms with Crippen molar-refractivity contribution in [1.82, 2.24) is 14.1 Å². The summed E-state index contributed by atoms with van der Waals surface area (Å²) in [6.45, 7) is 5.58. The molecule has 1 amide bonds. The van der Waals surface area contributed by atoms with Crippen molar-refractivity contribution in [1.29, 1.82) is 0 Å². The number of aryl methyl sites for hydroxylation is 2. The molecule has 0 radical (unpaired) electrons. The zero-order chi connectivity index (χ0) is 26.6. The number of hydrogen-bond donors (Lipinski definition) is 1. The van der Waals surface area contributed by atoms with E-state index in [-0.39, 0.29) is 18.0 Å². The molecular weight excluding hydrogens is 508 g/mol. The van der Waals surface area contributed by atoms with Crippen LogP contribution < -0.4 is 5.32 Å². The van der Waals surface area contributed by atoms with Crippen molar-refractivity contribution in [2.75, 3.05) is 18.4 Å². The number of para-hydroxylation sites is 1. The van der Waals surface area contributed by atoms with Crippen LogP contribution in [0.3, 0.4) is 0 Å². The first kappa shape index (κ1) is 26.6. The molecule has 0 saturated heterocycles. The summed E-state index contributed by atoms with van der Waals surface area (Å²) in [6.07, 6.45) is 0.551. The van der Waals surface area contributed by atoms with E-state index in [9.17, 15) is 13.2 Å². The smallest absolute Gasteiger partial charge is 0.243 e. The van der Waals surface area contributed by atoms with E-state index in [0.29, 0.717) is 17.3 Å². The largest absolute Gasteiger partial charge is 0.309 e. The van der Waals surface area contributed by atoms with E-state index >= 15 is 0 Å². The van der Waals surface area contributed by atoms with Gasteiger partial charge in [0, 0.05) is 17.1 Å². The minimum Gasteiger partial charge on any atom is -0.309 e. The minimum absolute atomic E-state index is 0.0870. The molecule has 0 saturated carbocycles. The highest BCUT2D eigenvalue weighted by Gasteiger charge is 2.28. The molecule has 4 rings (SSSR count). The molecule has 7 nitrogen and oxygen atoms in total. The molecule has 0 bridgehead atoms. The molecule has 0 aliphatic carbocycles. The first-order valence-corrected chi connectivity index (χ1v) is 13.8. The van der Waals surface area contributed by atoms with E-state index in [4.69, 9.17) is 16.7 Å². The molecule has 1 heterocycles. The fourth-order valence-corrected chi connectivity index (χ4v) is 5.80. The van der Waals surface area contributed by atoms with Gasteiger partial charge in [-0.2, -0.15) is 9.40 Å². The third-order valence-electron chi connectivity index (χ3n) is 5.97. The Labute approximate surface area is 222 Å². The van der Waals surface area contributed by atoms with Crippen LogP contribution >= 0.6 is 11.6 Å². The van der Waals surface area contributed by atoms with Gasteiger partial charge in [-0.3, -0.25) is 4.79 Å². The van der Waals surface area contributed by atoms with Gasteiger partial charge in [0.2, 0.25) is 15.9 Å². The average molecular weight is 537 g/mol. The van der Waals surface area contributed by atoms with E-state index in [1.807, 2.05) is 75.4 Å². The lowest BCUT2D eigenvalue weighted by atomic mass is 10.1. The number of halogens is 1. The number of nitrogens with one attached hydrogen (secondary N) is 1. The summed E-state index contributed by atoms with van der Waals surface area (Å²) in [5, 5.41) is 8.17. The number of carbonyl (C=O) groups is 1. The van der Waals surface area contributed by atoms with E-state index in [0.717, 1.165) is 28.1 Å². The number of carbonyl (C=O) groups excluding carboxylic acids is 1. The van der Waals surface area contributed by atoms with Gasteiger partial charge in [-0.1, -0.05) is 67.1 Å². The van der Waals surface area contributed by atoms with Crippen LogP contribution in [0.5, 0.6) is 0 Å². The predicted molar refractivity (Wildman–Crippen MR) is 148 cm³/mol. The van der Waals surface area contributed by atoms with Crippen molar-refractivity contribution in [3.05, 3.63) is 95.1 Å². The lowest BCUT2D eigenvalue weighted by molar-refractivity contribution is -0.116. The summed E-state index contributed by atoms with van der Waals surface area (Å²) >= 11 is 5.94. The maximum Gasteiger partial charge on any atom is 0.243 e. The number of benzene rings is 3. The SMILES string of the molecule is CCCN(CC(=O)Nc1c(-c2ccccc2)c(C)nn1-c1ccccc1C)S(=O)(=O)c1ccc(Cl)cc1. The van der Waals surface area contributed by atoms with Gasteiger partial charge in [0.05, 0.1) is 22.8 Å². The molecule has 0 atom stereocenters. The average Bonchev–Trinajstić information content (AvgIpc) is 3.19. The second kappa shape index (κ2) is 11.3. The van der Waals surface area contributed by atoms with Crippen molar-refractivity contribution in [2.45, 2.75) is 32.1 Å². The number of sulfonamides is 1. The Morgan fingerprint density at radius 2 is 1.62 bits per heavy atom. The van der Waals surface area contributed by atoms with Crippen LogP contribution in [0, 0.1) is 13.8 Å². The highest BCUT2D eigenvalue weighted by Crippen LogP contribution is 2.34. The van der Waals surface area contributed by atoms with Crippen LogP contribution in [-0.4, -0.2) is 41.5 Å². The fraction of sp³-hybridized carbons (Fsp3) is 0.214. The number of amides is 1. The zero-order valence-corrected chi connectivity index (χ0v) is 22.6. The van der Waals surface area contributed by atoms with Crippen LogP contribution in [0.25, 0.3) is 16.8 Å². The highest BCUT2D eigenvalue weighted by atomic mass is 35.5. The van der Waals surface area contributed by atoms with Crippen LogP contribution in [0.1, 0.15) is 24.6 Å².